The van der Waals surface area contributed by atoms with Crippen LogP contribution in [0.2, 0.25) is 0 Å². The van der Waals surface area contributed by atoms with Crippen molar-refractivity contribution < 1.29 is 9.47 Å². The number of ether oxygens (including phenoxy) is 2. The molecule has 0 saturated heterocycles. The topological polar surface area (TPSA) is 60.6 Å². The highest BCUT2D eigenvalue weighted by atomic mass is 16.5. The third kappa shape index (κ3) is 4.02. The Hall–Kier alpha value is -2.43. The van der Waals surface area contributed by atoms with Crippen LogP contribution in [0.4, 0.5) is 11.4 Å². The average Bonchev–Trinajstić information content (AvgIpc) is 2.49. The molecule has 0 saturated carbocycles. The van der Waals surface area contributed by atoms with Gasteiger partial charge in [-0.25, -0.2) is 0 Å². The van der Waals surface area contributed by atoms with Gasteiger partial charge >= 0.3 is 0 Å². The lowest BCUT2D eigenvalue weighted by molar-refractivity contribution is 0.281. The quantitative estimate of drug-likeness (QED) is 0.848. The Morgan fingerprint density at radius 1 is 1.14 bits per heavy atom. The lowest BCUT2D eigenvalue weighted by Crippen LogP contribution is -2.24. The molecule has 0 aliphatic rings. The van der Waals surface area contributed by atoms with Crippen LogP contribution in [0.1, 0.15) is 6.92 Å². The van der Waals surface area contributed by atoms with Crippen LogP contribution in [0.25, 0.3) is 0 Å². The average molecular weight is 287 g/mol. The zero-order valence-corrected chi connectivity index (χ0v) is 12.5. The Morgan fingerprint density at radius 2 is 1.86 bits per heavy atom. The van der Waals surface area contributed by atoms with E-state index in [1.165, 1.54) is 0 Å². The molecule has 0 atom stereocenters. The minimum absolute atomic E-state index is 0.544. The molecule has 0 unspecified atom stereocenters. The van der Waals surface area contributed by atoms with Gasteiger partial charge in [-0.2, -0.15) is 0 Å². The van der Waals surface area contributed by atoms with E-state index in [2.05, 4.69) is 4.98 Å². The number of anilines is 2. The van der Waals surface area contributed by atoms with Crippen molar-refractivity contribution in [3.63, 3.8) is 0 Å². The van der Waals surface area contributed by atoms with Gasteiger partial charge in [0.25, 0.3) is 0 Å². The standard InChI is InChI=1S/C16H21N3O2/c1-3-20-15-6-4-5-7-16(15)21-11-10-19(2)14-8-9-18-12-13(14)17/h4-9,12H,3,10-11,17H2,1-2H3. The van der Waals surface area contributed by atoms with E-state index in [-0.39, 0.29) is 0 Å². The van der Waals surface area contributed by atoms with Crippen LogP contribution in [-0.2, 0) is 0 Å². The van der Waals surface area contributed by atoms with Gasteiger partial charge in [0.2, 0.25) is 0 Å². The number of hydrogen-bond acceptors (Lipinski definition) is 5. The zero-order valence-electron chi connectivity index (χ0n) is 12.5. The van der Waals surface area contributed by atoms with Crippen LogP contribution >= 0.6 is 0 Å². The summed E-state index contributed by atoms with van der Waals surface area (Å²) < 4.78 is 11.3. The summed E-state index contributed by atoms with van der Waals surface area (Å²) >= 11 is 0. The molecule has 2 rings (SSSR count). The number of nitrogen functional groups attached to an aromatic ring is 1. The first kappa shape index (κ1) is 15.0. The fourth-order valence-electron chi connectivity index (χ4n) is 2.00. The van der Waals surface area contributed by atoms with Gasteiger partial charge < -0.3 is 20.1 Å². The van der Waals surface area contributed by atoms with Gasteiger partial charge in [-0.05, 0) is 25.1 Å². The molecule has 1 heterocycles. The predicted octanol–water partition coefficient (Wildman–Crippen LogP) is 2.58. The maximum absolute atomic E-state index is 5.90. The summed E-state index contributed by atoms with van der Waals surface area (Å²) in [7, 11) is 1.98. The molecule has 0 bridgehead atoms. The first-order valence-electron chi connectivity index (χ1n) is 6.97. The van der Waals surface area contributed by atoms with Crippen LogP contribution in [0.5, 0.6) is 11.5 Å². The Kier molecular flexibility index (Phi) is 5.26. The van der Waals surface area contributed by atoms with Crippen molar-refractivity contribution in [3.05, 3.63) is 42.7 Å². The highest BCUT2D eigenvalue weighted by Gasteiger charge is 2.07. The second kappa shape index (κ2) is 7.38. The number of pyridine rings is 1. The molecular formula is C16H21N3O2. The van der Waals surface area contributed by atoms with Gasteiger partial charge in [-0.1, -0.05) is 12.1 Å². The molecule has 21 heavy (non-hydrogen) atoms. The van der Waals surface area contributed by atoms with E-state index in [0.29, 0.717) is 25.4 Å². The first-order valence-corrected chi connectivity index (χ1v) is 6.97. The summed E-state index contributed by atoms with van der Waals surface area (Å²) in [5.74, 6) is 1.53. The van der Waals surface area contributed by atoms with Gasteiger partial charge in [0.15, 0.2) is 11.5 Å². The van der Waals surface area contributed by atoms with Crippen molar-refractivity contribution >= 4 is 11.4 Å². The number of benzene rings is 1. The normalized spacial score (nSPS) is 10.2. The van der Waals surface area contributed by atoms with E-state index in [9.17, 15) is 0 Å². The molecule has 112 valence electrons. The van der Waals surface area contributed by atoms with Gasteiger partial charge in [0.1, 0.15) is 6.61 Å². The number of para-hydroxylation sites is 2. The number of nitrogens with two attached hydrogens (primary N) is 1. The summed E-state index contributed by atoms with van der Waals surface area (Å²) in [5.41, 5.74) is 7.52. The zero-order chi connectivity index (χ0) is 15.1. The van der Waals surface area contributed by atoms with Crippen molar-refractivity contribution in [1.29, 1.82) is 0 Å². The second-order valence-corrected chi connectivity index (χ2v) is 4.58. The van der Waals surface area contributed by atoms with Crippen LogP contribution < -0.4 is 20.1 Å². The molecule has 2 N–H and O–H groups in total. The number of aromatic nitrogens is 1. The number of nitrogens with zero attached hydrogens (tertiary/aromatic N) is 2. The van der Waals surface area contributed by atoms with E-state index < -0.39 is 0 Å². The molecule has 5 heteroatoms. The van der Waals surface area contributed by atoms with Crippen LogP contribution in [-0.4, -0.2) is 31.8 Å². The van der Waals surface area contributed by atoms with Crippen LogP contribution in [0, 0.1) is 0 Å². The second-order valence-electron chi connectivity index (χ2n) is 4.58. The molecule has 1 aromatic heterocycles. The fraction of sp³-hybridized carbons (Fsp3) is 0.312. The number of rotatable bonds is 7. The van der Waals surface area contributed by atoms with Gasteiger partial charge in [0.05, 0.1) is 30.7 Å². The molecule has 5 nitrogen and oxygen atoms in total. The molecule has 1 aromatic carbocycles. The molecule has 0 aliphatic heterocycles. The smallest absolute Gasteiger partial charge is 0.161 e. The van der Waals surface area contributed by atoms with Crippen molar-refractivity contribution in [1.82, 2.24) is 4.98 Å². The first-order chi connectivity index (χ1) is 10.2. The lowest BCUT2D eigenvalue weighted by atomic mass is 10.3. The monoisotopic (exact) mass is 287 g/mol. The lowest BCUT2D eigenvalue weighted by Gasteiger charge is -2.21. The molecule has 0 amide bonds. The largest absolute Gasteiger partial charge is 0.490 e. The maximum atomic E-state index is 5.90. The van der Waals surface area contributed by atoms with E-state index >= 15 is 0 Å². The van der Waals surface area contributed by atoms with E-state index in [1.807, 2.05) is 49.2 Å². The Balaban J connectivity index is 1.91. The molecule has 0 aliphatic carbocycles. The Morgan fingerprint density at radius 3 is 2.52 bits per heavy atom. The third-order valence-corrected chi connectivity index (χ3v) is 3.07. The summed E-state index contributed by atoms with van der Waals surface area (Å²) in [6.45, 7) is 3.83. The van der Waals surface area contributed by atoms with Gasteiger partial charge in [-0.15, -0.1) is 0 Å². The minimum Gasteiger partial charge on any atom is -0.490 e. The van der Waals surface area contributed by atoms with Gasteiger partial charge in [-0.3, -0.25) is 4.98 Å². The SMILES string of the molecule is CCOc1ccccc1OCCN(C)c1ccncc1N. The number of hydrogen-bond donors (Lipinski definition) is 1. The summed E-state index contributed by atoms with van der Waals surface area (Å²) in [4.78, 5) is 6.03. The van der Waals surface area contributed by atoms with Crippen LogP contribution in [0.3, 0.4) is 0 Å². The molecule has 2 aromatic rings. The maximum Gasteiger partial charge on any atom is 0.161 e. The van der Waals surface area contributed by atoms with Crippen molar-refractivity contribution in [2.24, 2.45) is 0 Å². The predicted molar refractivity (Wildman–Crippen MR) is 85.0 cm³/mol. The summed E-state index contributed by atoms with van der Waals surface area (Å²) in [5, 5.41) is 0. The van der Waals surface area contributed by atoms with Crippen LogP contribution in [0.15, 0.2) is 42.7 Å². The highest BCUT2D eigenvalue weighted by molar-refractivity contribution is 5.65. The molecular weight excluding hydrogens is 266 g/mol. The molecule has 0 radical (unpaired) electrons. The molecule has 0 fully saturated rings. The third-order valence-electron chi connectivity index (χ3n) is 3.07. The van der Waals surface area contributed by atoms with E-state index in [0.717, 1.165) is 17.2 Å². The van der Waals surface area contributed by atoms with E-state index in [4.69, 9.17) is 15.2 Å². The number of likely N-dealkylation sites (N-methyl/N-ethyl adjacent to an activating group) is 1. The highest BCUT2D eigenvalue weighted by Crippen LogP contribution is 2.26. The van der Waals surface area contributed by atoms with Crippen molar-refractivity contribution in [2.75, 3.05) is 37.4 Å². The van der Waals surface area contributed by atoms with E-state index in [1.54, 1.807) is 12.4 Å². The molecule has 0 spiro atoms. The van der Waals surface area contributed by atoms with Crippen molar-refractivity contribution in [3.8, 4) is 11.5 Å². The summed E-state index contributed by atoms with van der Waals surface area (Å²) in [6.07, 6.45) is 3.38. The Bertz CT molecular complexity index is 575. The van der Waals surface area contributed by atoms with Crippen molar-refractivity contribution in [2.45, 2.75) is 6.92 Å². The Labute approximate surface area is 125 Å². The fourth-order valence-corrected chi connectivity index (χ4v) is 2.00. The van der Waals surface area contributed by atoms with Gasteiger partial charge in [0, 0.05) is 13.2 Å². The summed E-state index contributed by atoms with van der Waals surface area (Å²) in [6, 6.07) is 9.57. The minimum atomic E-state index is 0.544.